The summed E-state index contributed by atoms with van der Waals surface area (Å²) in [5.74, 6) is 4.61. The van der Waals surface area contributed by atoms with E-state index in [1.807, 2.05) is 48.5 Å². The van der Waals surface area contributed by atoms with Crippen LogP contribution in [0.2, 0.25) is 0 Å². The summed E-state index contributed by atoms with van der Waals surface area (Å²) in [6.45, 7) is 7.91. The topological polar surface area (TPSA) is 194 Å². The van der Waals surface area contributed by atoms with Crippen LogP contribution >= 0.6 is 0 Å². The number of benzene rings is 3. The summed E-state index contributed by atoms with van der Waals surface area (Å²) < 4.78 is 22.0. The molecule has 60 heavy (non-hydrogen) atoms. The first-order chi connectivity index (χ1) is 29.0. The SMILES string of the molecule is CC(C)C(NC(=O)CCOCCOCCOCCOCCC(=O)NCCC(=O)N1Cc2ccccc2C#Cc2ccccc21)C(=O)N[C@@H](C)C(=O)Nc1ccc(CO)cc1. The molecule has 1 heterocycles. The van der Waals surface area contributed by atoms with Crippen molar-refractivity contribution in [3.05, 3.63) is 95.1 Å². The number of para-hydroxylation sites is 1. The Hall–Kier alpha value is -5.63. The van der Waals surface area contributed by atoms with Crippen molar-refractivity contribution >= 4 is 40.9 Å². The van der Waals surface area contributed by atoms with Gasteiger partial charge in [0.2, 0.25) is 29.5 Å². The maximum absolute atomic E-state index is 13.3. The Morgan fingerprint density at radius 3 is 1.87 bits per heavy atom. The van der Waals surface area contributed by atoms with Gasteiger partial charge in [0, 0.05) is 42.6 Å². The van der Waals surface area contributed by atoms with Crippen molar-refractivity contribution in [1.82, 2.24) is 16.0 Å². The minimum absolute atomic E-state index is 0.0428. The second-order valence-electron chi connectivity index (χ2n) is 14.3. The smallest absolute Gasteiger partial charge is 0.246 e. The third-order valence-electron chi connectivity index (χ3n) is 9.32. The first kappa shape index (κ1) is 47.1. The molecule has 1 aliphatic heterocycles. The van der Waals surface area contributed by atoms with Crippen LogP contribution in [0.25, 0.3) is 0 Å². The highest BCUT2D eigenvalue weighted by Gasteiger charge is 2.27. The number of amides is 5. The Morgan fingerprint density at radius 2 is 1.23 bits per heavy atom. The van der Waals surface area contributed by atoms with Crippen molar-refractivity contribution in [1.29, 1.82) is 0 Å². The van der Waals surface area contributed by atoms with Crippen molar-refractivity contribution in [2.24, 2.45) is 5.92 Å². The van der Waals surface area contributed by atoms with Crippen LogP contribution in [0.5, 0.6) is 0 Å². The van der Waals surface area contributed by atoms with E-state index in [4.69, 9.17) is 18.9 Å². The number of fused-ring (bicyclic) bond motifs is 2. The first-order valence-corrected chi connectivity index (χ1v) is 20.2. The lowest BCUT2D eigenvalue weighted by Gasteiger charge is -2.26. The van der Waals surface area contributed by atoms with Gasteiger partial charge in [0.25, 0.3) is 0 Å². The fourth-order valence-electron chi connectivity index (χ4n) is 5.92. The van der Waals surface area contributed by atoms with E-state index in [1.165, 1.54) is 0 Å². The van der Waals surface area contributed by atoms with Crippen molar-refractivity contribution in [3.8, 4) is 11.8 Å². The van der Waals surface area contributed by atoms with Gasteiger partial charge in [-0.15, -0.1) is 0 Å². The molecular formula is C45H57N5O10. The molecule has 1 aliphatic rings. The number of aliphatic hydroxyl groups excluding tert-OH is 1. The van der Waals surface area contributed by atoms with Crippen molar-refractivity contribution < 1.29 is 48.0 Å². The number of ether oxygens (including phenoxy) is 4. The molecule has 4 rings (SSSR count). The molecule has 1 unspecified atom stereocenters. The maximum atomic E-state index is 13.3. The van der Waals surface area contributed by atoms with Gasteiger partial charge in [-0.2, -0.15) is 0 Å². The zero-order chi connectivity index (χ0) is 43.1. The molecule has 0 fully saturated rings. The lowest BCUT2D eigenvalue weighted by atomic mass is 10.0. The summed E-state index contributed by atoms with van der Waals surface area (Å²) >= 11 is 0. The van der Waals surface area contributed by atoms with Crippen LogP contribution in [0.15, 0.2) is 72.8 Å². The van der Waals surface area contributed by atoms with Crippen LogP contribution in [-0.2, 0) is 56.1 Å². The average Bonchev–Trinajstić information content (AvgIpc) is 3.23. The number of nitrogens with zero attached hydrogens (tertiary/aromatic N) is 1. The summed E-state index contributed by atoms with van der Waals surface area (Å²) in [6.07, 6.45) is 0.346. The molecule has 2 atom stereocenters. The molecule has 3 aromatic carbocycles. The monoisotopic (exact) mass is 827 g/mol. The Labute approximate surface area is 351 Å². The number of anilines is 2. The van der Waals surface area contributed by atoms with Gasteiger partial charge in [0.15, 0.2) is 0 Å². The summed E-state index contributed by atoms with van der Waals surface area (Å²) in [6, 6.07) is 20.4. The largest absolute Gasteiger partial charge is 0.392 e. The predicted molar refractivity (Wildman–Crippen MR) is 226 cm³/mol. The molecule has 0 radical (unpaired) electrons. The van der Waals surface area contributed by atoms with Gasteiger partial charge in [-0.3, -0.25) is 24.0 Å². The van der Waals surface area contributed by atoms with E-state index in [1.54, 1.807) is 49.9 Å². The van der Waals surface area contributed by atoms with Crippen molar-refractivity contribution in [2.75, 3.05) is 69.6 Å². The van der Waals surface area contributed by atoms with E-state index < -0.39 is 23.9 Å². The Kier molecular flexibility index (Phi) is 20.2. The predicted octanol–water partition coefficient (Wildman–Crippen LogP) is 3.06. The lowest BCUT2D eigenvalue weighted by molar-refractivity contribution is -0.132. The number of aliphatic hydroxyl groups is 1. The number of rotatable bonds is 25. The van der Waals surface area contributed by atoms with Crippen molar-refractivity contribution in [3.63, 3.8) is 0 Å². The Balaban J connectivity index is 0.968. The van der Waals surface area contributed by atoms with E-state index in [9.17, 15) is 29.1 Å². The average molecular weight is 828 g/mol. The number of hydrogen-bond donors (Lipinski definition) is 5. The summed E-state index contributed by atoms with van der Waals surface area (Å²) in [7, 11) is 0. The molecule has 0 saturated carbocycles. The van der Waals surface area contributed by atoms with Gasteiger partial charge in [0.1, 0.15) is 12.1 Å². The number of carbonyl (C=O) groups excluding carboxylic acids is 5. The van der Waals surface area contributed by atoms with Crippen LogP contribution in [-0.4, -0.2) is 106 Å². The molecule has 15 heteroatoms. The summed E-state index contributed by atoms with van der Waals surface area (Å²) in [4.78, 5) is 65.4. The quantitative estimate of drug-likeness (QED) is 0.0627. The van der Waals surface area contributed by atoms with Crippen LogP contribution < -0.4 is 26.2 Å². The van der Waals surface area contributed by atoms with Gasteiger partial charge in [-0.1, -0.05) is 68.2 Å². The molecule has 0 saturated heterocycles. The lowest BCUT2D eigenvalue weighted by Crippen LogP contribution is -2.53. The molecule has 322 valence electrons. The zero-order valence-corrected chi connectivity index (χ0v) is 34.6. The number of nitrogens with one attached hydrogen (secondary N) is 4. The maximum Gasteiger partial charge on any atom is 0.246 e. The fourth-order valence-corrected chi connectivity index (χ4v) is 5.92. The highest BCUT2D eigenvalue weighted by Crippen LogP contribution is 2.26. The van der Waals surface area contributed by atoms with Gasteiger partial charge in [-0.25, -0.2) is 0 Å². The van der Waals surface area contributed by atoms with Crippen molar-refractivity contribution in [2.45, 2.75) is 65.3 Å². The normalized spacial score (nSPS) is 12.7. The van der Waals surface area contributed by atoms with Crippen LogP contribution in [0.3, 0.4) is 0 Å². The highest BCUT2D eigenvalue weighted by molar-refractivity contribution is 5.98. The molecule has 5 amide bonds. The molecule has 15 nitrogen and oxygen atoms in total. The van der Waals surface area contributed by atoms with E-state index >= 15 is 0 Å². The zero-order valence-electron chi connectivity index (χ0n) is 34.6. The van der Waals surface area contributed by atoms with E-state index in [-0.39, 0.29) is 75.9 Å². The third kappa shape index (κ3) is 16.2. The fraction of sp³-hybridized carbons (Fsp3) is 0.444. The van der Waals surface area contributed by atoms with Gasteiger partial charge >= 0.3 is 0 Å². The van der Waals surface area contributed by atoms with Gasteiger partial charge in [-0.05, 0) is 54.3 Å². The molecular weight excluding hydrogens is 771 g/mol. The van der Waals surface area contributed by atoms with Gasteiger partial charge in [0.05, 0.1) is 71.7 Å². The Morgan fingerprint density at radius 1 is 0.667 bits per heavy atom. The van der Waals surface area contributed by atoms with Crippen LogP contribution in [0, 0.1) is 17.8 Å². The standard InChI is InChI=1S/C45H57N5O10/c1-32(2)43(45(56)47-33(3)44(55)48-38-16-12-34(31-51)13-17-38)49-41(53)20-23-58-25-27-60-29-28-59-26-24-57-22-19-40(52)46-21-18-42(54)50-30-37-10-5-4-8-35(37)14-15-36-9-6-7-11-39(36)50/h4-13,16-17,32-33,43,51H,18-31H2,1-3H3,(H,46,52)(H,47,56)(H,48,55)(H,49,53)/t33-,43?/m0/s1. The summed E-state index contributed by atoms with van der Waals surface area (Å²) in [5, 5.41) is 20.1. The molecule has 3 aromatic rings. The second-order valence-corrected chi connectivity index (χ2v) is 14.3. The summed E-state index contributed by atoms with van der Waals surface area (Å²) in [5.41, 5.74) is 4.63. The molecule has 0 spiro atoms. The Bertz CT molecular complexity index is 1930. The molecule has 0 aliphatic carbocycles. The molecule has 0 bridgehead atoms. The third-order valence-corrected chi connectivity index (χ3v) is 9.32. The van der Waals surface area contributed by atoms with Crippen LogP contribution in [0.1, 0.15) is 62.3 Å². The molecule has 0 aromatic heterocycles. The second kappa shape index (κ2) is 25.8. The van der Waals surface area contributed by atoms with Gasteiger partial charge < -0.3 is 50.2 Å². The molecule has 5 N–H and O–H groups in total. The number of carbonyl (C=O) groups is 5. The van der Waals surface area contributed by atoms with E-state index in [0.29, 0.717) is 50.8 Å². The van der Waals surface area contributed by atoms with Crippen LogP contribution in [0.4, 0.5) is 11.4 Å². The number of hydrogen-bond acceptors (Lipinski definition) is 10. The minimum atomic E-state index is -0.853. The van der Waals surface area contributed by atoms with E-state index in [0.717, 1.165) is 22.4 Å². The first-order valence-electron chi connectivity index (χ1n) is 20.2. The van der Waals surface area contributed by atoms with E-state index in [2.05, 4.69) is 33.1 Å². The minimum Gasteiger partial charge on any atom is -0.392 e. The highest BCUT2D eigenvalue weighted by atomic mass is 16.6.